The molecule has 2 rings (SSSR count). The third-order valence-electron chi connectivity index (χ3n) is 3.93. The number of nitrogens with zero attached hydrogens (tertiary/aromatic N) is 1. The molecule has 0 aliphatic rings. The fourth-order valence-corrected chi connectivity index (χ4v) is 2.51. The van der Waals surface area contributed by atoms with Gasteiger partial charge >= 0.3 is 0 Å². The summed E-state index contributed by atoms with van der Waals surface area (Å²) in [4.78, 5) is 14.3. The zero-order chi connectivity index (χ0) is 18.9. The van der Waals surface area contributed by atoms with Crippen molar-refractivity contribution in [3.63, 3.8) is 0 Å². The Hall–Kier alpha value is -2.56. The first-order valence-electron chi connectivity index (χ1n) is 8.94. The average Bonchev–Trinajstić information content (AvgIpc) is 2.64. The second-order valence-corrected chi connectivity index (χ2v) is 6.08. The molecule has 4 nitrogen and oxygen atoms in total. The molecule has 2 aromatic carbocycles. The van der Waals surface area contributed by atoms with E-state index in [1.165, 1.54) is 12.1 Å². The van der Waals surface area contributed by atoms with Crippen molar-refractivity contribution in [1.82, 2.24) is 4.90 Å². The molecule has 0 unspecified atom stereocenters. The molecule has 0 aliphatic heterocycles. The van der Waals surface area contributed by atoms with E-state index in [4.69, 9.17) is 9.47 Å². The number of unbranched alkanes of at least 4 members (excludes halogenated alkanes) is 1. The Morgan fingerprint density at radius 1 is 1.04 bits per heavy atom. The standard InChI is InChI=1S/C21H26FNO3/c1-4-6-13-26-19-12-9-17(14-20(19)25-5-2)21(24)23(3)15-16-7-10-18(22)11-8-16/h7-12,14H,4-6,13,15H2,1-3H3. The van der Waals surface area contributed by atoms with Crippen molar-refractivity contribution in [3.8, 4) is 11.5 Å². The number of benzene rings is 2. The summed E-state index contributed by atoms with van der Waals surface area (Å²) in [6, 6.07) is 11.4. The van der Waals surface area contributed by atoms with Gasteiger partial charge in [-0.25, -0.2) is 4.39 Å². The van der Waals surface area contributed by atoms with Gasteiger partial charge in [0.05, 0.1) is 13.2 Å². The fourth-order valence-electron chi connectivity index (χ4n) is 2.51. The normalized spacial score (nSPS) is 10.5. The van der Waals surface area contributed by atoms with Crippen molar-refractivity contribution in [1.29, 1.82) is 0 Å². The molecule has 0 heterocycles. The Morgan fingerprint density at radius 2 is 1.77 bits per heavy atom. The number of rotatable bonds is 9. The van der Waals surface area contributed by atoms with Gasteiger partial charge in [-0.15, -0.1) is 0 Å². The average molecular weight is 359 g/mol. The first-order chi connectivity index (χ1) is 12.5. The van der Waals surface area contributed by atoms with Crippen LogP contribution >= 0.6 is 0 Å². The predicted octanol–water partition coefficient (Wildman–Crippen LogP) is 4.68. The maximum Gasteiger partial charge on any atom is 0.254 e. The van der Waals surface area contributed by atoms with Gasteiger partial charge in [0.15, 0.2) is 11.5 Å². The molecule has 0 aliphatic carbocycles. The largest absolute Gasteiger partial charge is 0.490 e. The summed E-state index contributed by atoms with van der Waals surface area (Å²) >= 11 is 0. The molecule has 26 heavy (non-hydrogen) atoms. The quantitative estimate of drug-likeness (QED) is 0.611. The molecule has 0 radical (unpaired) electrons. The zero-order valence-corrected chi connectivity index (χ0v) is 15.6. The lowest BCUT2D eigenvalue weighted by molar-refractivity contribution is 0.0784. The fraction of sp³-hybridized carbons (Fsp3) is 0.381. The smallest absolute Gasteiger partial charge is 0.254 e. The van der Waals surface area contributed by atoms with Gasteiger partial charge in [0.2, 0.25) is 0 Å². The van der Waals surface area contributed by atoms with Crippen LogP contribution in [0, 0.1) is 5.82 Å². The summed E-state index contributed by atoms with van der Waals surface area (Å²) in [6.45, 7) is 5.51. The van der Waals surface area contributed by atoms with Crippen LogP contribution in [0.4, 0.5) is 4.39 Å². The summed E-state index contributed by atoms with van der Waals surface area (Å²) in [5.41, 5.74) is 1.40. The molecule has 0 bridgehead atoms. The summed E-state index contributed by atoms with van der Waals surface area (Å²) in [6.07, 6.45) is 2.02. The summed E-state index contributed by atoms with van der Waals surface area (Å²) < 4.78 is 24.4. The minimum atomic E-state index is -0.289. The molecule has 0 spiro atoms. The molecular formula is C21H26FNO3. The van der Waals surface area contributed by atoms with Crippen LogP contribution in [0.2, 0.25) is 0 Å². The SMILES string of the molecule is CCCCOc1ccc(C(=O)N(C)Cc2ccc(F)cc2)cc1OCC. The highest BCUT2D eigenvalue weighted by Crippen LogP contribution is 2.29. The lowest BCUT2D eigenvalue weighted by atomic mass is 10.1. The number of hydrogen-bond donors (Lipinski definition) is 0. The summed E-state index contributed by atoms with van der Waals surface area (Å²) in [5.74, 6) is 0.806. The van der Waals surface area contributed by atoms with E-state index in [0.29, 0.717) is 36.8 Å². The van der Waals surface area contributed by atoms with Crippen LogP contribution in [0.5, 0.6) is 11.5 Å². The number of amides is 1. The van der Waals surface area contributed by atoms with E-state index >= 15 is 0 Å². The van der Waals surface area contributed by atoms with E-state index in [-0.39, 0.29) is 11.7 Å². The van der Waals surface area contributed by atoms with Gasteiger partial charge < -0.3 is 14.4 Å². The van der Waals surface area contributed by atoms with Crippen LogP contribution in [0.3, 0.4) is 0 Å². The van der Waals surface area contributed by atoms with Gasteiger partial charge in [-0.05, 0) is 49.2 Å². The Kier molecular flexibility index (Phi) is 7.45. The molecule has 0 saturated carbocycles. The first kappa shape index (κ1) is 19.8. The van der Waals surface area contributed by atoms with Crippen molar-refractivity contribution in [2.24, 2.45) is 0 Å². The number of halogens is 1. The van der Waals surface area contributed by atoms with Gasteiger partial charge in [-0.3, -0.25) is 4.79 Å². The van der Waals surface area contributed by atoms with E-state index in [1.807, 2.05) is 6.92 Å². The lowest BCUT2D eigenvalue weighted by Gasteiger charge is -2.19. The van der Waals surface area contributed by atoms with Crippen LogP contribution in [-0.2, 0) is 6.54 Å². The minimum Gasteiger partial charge on any atom is -0.490 e. The molecule has 0 atom stereocenters. The van der Waals surface area contributed by atoms with Crippen LogP contribution in [0.25, 0.3) is 0 Å². The maximum atomic E-state index is 13.0. The number of carbonyl (C=O) groups is 1. The van der Waals surface area contributed by atoms with Gasteiger partial charge in [0.25, 0.3) is 5.91 Å². The Balaban J connectivity index is 2.11. The second kappa shape index (κ2) is 9.80. The van der Waals surface area contributed by atoms with E-state index in [9.17, 15) is 9.18 Å². The van der Waals surface area contributed by atoms with E-state index in [1.54, 1.807) is 42.3 Å². The molecule has 140 valence electrons. The van der Waals surface area contributed by atoms with Gasteiger partial charge in [0, 0.05) is 19.2 Å². The maximum absolute atomic E-state index is 13.0. The van der Waals surface area contributed by atoms with Gasteiger partial charge in [-0.2, -0.15) is 0 Å². The van der Waals surface area contributed by atoms with E-state index in [2.05, 4.69) is 6.92 Å². The predicted molar refractivity (Wildman–Crippen MR) is 100 cm³/mol. The third-order valence-corrected chi connectivity index (χ3v) is 3.93. The molecule has 1 amide bonds. The summed E-state index contributed by atoms with van der Waals surface area (Å²) in [5, 5.41) is 0. The highest BCUT2D eigenvalue weighted by atomic mass is 19.1. The molecule has 2 aromatic rings. The topological polar surface area (TPSA) is 38.8 Å². The third kappa shape index (κ3) is 5.48. The Bertz CT molecular complexity index is 716. The first-order valence-corrected chi connectivity index (χ1v) is 8.94. The Morgan fingerprint density at radius 3 is 2.42 bits per heavy atom. The van der Waals surface area contributed by atoms with Crippen LogP contribution < -0.4 is 9.47 Å². The second-order valence-electron chi connectivity index (χ2n) is 6.08. The van der Waals surface area contributed by atoms with Gasteiger partial charge in [-0.1, -0.05) is 25.5 Å². The van der Waals surface area contributed by atoms with Crippen molar-refractivity contribution in [3.05, 3.63) is 59.4 Å². The van der Waals surface area contributed by atoms with Crippen molar-refractivity contribution in [2.75, 3.05) is 20.3 Å². The van der Waals surface area contributed by atoms with Gasteiger partial charge in [0.1, 0.15) is 5.82 Å². The summed E-state index contributed by atoms with van der Waals surface area (Å²) in [7, 11) is 1.72. The zero-order valence-electron chi connectivity index (χ0n) is 15.6. The van der Waals surface area contributed by atoms with Crippen molar-refractivity contribution in [2.45, 2.75) is 33.2 Å². The molecule has 0 aromatic heterocycles. The van der Waals surface area contributed by atoms with E-state index < -0.39 is 0 Å². The minimum absolute atomic E-state index is 0.129. The molecule has 5 heteroatoms. The van der Waals surface area contributed by atoms with Crippen LogP contribution in [0.1, 0.15) is 42.6 Å². The van der Waals surface area contributed by atoms with Crippen molar-refractivity contribution >= 4 is 5.91 Å². The van der Waals surface area contributed by atoms with Crippen molar-refractivity contribution < 1.29 is 18.7 Å². The highest BCUT2D eigenvalue weighted by Gasteiger charge is 2.15. The van der Waals surface area contributed by atoms with Crippen LogP contribution in [0.15, 0.2) is 42.5 Å². The molecule has 0 N–H and O–H groups in total. The molecule has 0 fully saturated rings. The number of hydrogen-bond acceptors (Lipinski definition) is 3. The highest BCUT2D eigenvalue weighted by molar-refractivity contribution is 5.94. The lowest BCUT2D eigenvalue weighted by Crippen LogP contribution is -2.26. The number of ether oxygens (including phenoxy) is 2. The van der Waals surface area contributed by atoms with E-state index in [0.717, 1.165) is 18.4 Å². The van der Waals surface area contributed by atoms with Crippen LogP contribution in [-0.4, -0.2) is 31.1 Å². The molecular weight excluding hydrogens is 333 g/mol. The number of carbonyl (C=O) groups excluding carboxylic acids is 1. The monoisotopic (exact) mass is 359 g/mol. The Labute approximate surface area is 154 Å². The molecule has 0 saturated heterocycles.